The summed E-state index contributed by atoms with van der Waals surface area (Å²) in [5.41, 5.74) is 5.21. The number of aromatic hydroxyl groups is 1. The van der Waals surface area contributed by atoms with Gasteiger partial charge in [-0.2, -0.15) is 0 Å². The molecule has 0 radical (unpaired) electrons. The van der Waals surface area contributed by atoms with E-state index >= 15 is 0 Å². The van der Waals surface area contributed by atoms with E-state index in [1.165, 1.54) is 16.8 Å². The van der Waals surface area contributed by atoms with E-state index in [0.29, 0.717) is 18.7 Å². The van der Waals surface area contributed by atoms with E-state index in [2.05, 4.69) is 36.9 Å². The van der Waals surface area contributed by atoms with Gasteiger partial charge in [0, 0.05) is 31.9 Å². The quantitative estimate of drug-likeness (QED) is 0.922. The number of nitrogens with zero attached hydrogens (tertiary/aromatic N) is 2. The Hall–Kier alpha value is -2.49. The number of phenolic OH excluding ortho intramolecular Hbond substituents is 1. The van der Waals surface area contributed by atoms with Crippen LogP contribution >= 0.6 is 0 Å². The molecule has 0 unspecified atom stereocenters. The van der Waals surface area contributed by atoms with Gasteiger partial charge in [0.1, 0.15) is 5.75 Å². The lowest BCUT2D eigenvalue weighted by atomic mass is 10.1. The molecule has 2 aromatic rings. The molecule has 0 bridgehead atoms. The molecule has 24 heavy (non-hydrogen) atoms. The summed E-state index contributed by atoms with van der Waals surface area (Å²) in [5.74, 6) is -0.0284. The smallest absolute Gasteiger partial charge is 0.257 e. The topological polar surface area (TPSA) is 43.8 Å². The SMILES string of the molecule is Cc1ccc(O)c(C(=O)N2CCN(c3cccc(C)c3C)CC2)c1. The molecule has 0 aromatic heterocycles. The molecule has 0 spiro atoms. The monoisotopic (exact) mass is 324 g/mol. The van der Waals surface area contributed by atoms with Gasteiger partial charge in [0.05, 0.1) is 5.56 Å². The van der Waals surface area contributed by atoms with Gasteiger partial charge in [-0.15, -0.1) is 0 Å². The normalized spacial score (nSPS) is 14.8. The third-order valence-corrected chi connectivity index (χ3v) is 4.87. The van der Waals surface area contributed by atoms with Crippen molar-refractivity contribution >= 4 is 11.6 Å². The van der Waals surface area contributed by atoms with Crippen LogP contribution in [0.15, 0.2) is 36.4 Å². The van der Waals surface area contributed by atoms with Crippen LogP contribution in [0.25, 0.3) is 0 Å². The van der Waals surface area contributed by atoms with E-state index in [1.54, 1.807) is 12.1 Å². The van der Waals surface area contributed by atoms with Gasteiger partial charge in [-0.05, 0) is 50.1 Å². The molecular weight excluding hydrogens is 300 g/mol. The highest BCUT2D eigenvalue weighted by Gasteiger charge is 2.24. The molecule has 1 fully saturated rings. The van der Waals surface area contributed by atoms with E-state index < -0.39 is 0 Å². The summed E-state index contributed by atoms with van der Waals surface area (Å²) in [5, 5.41) is 9.98. The van der Waals surface area contributed by atoms with Crippen molar-refractivity contribution < 1.29 is 9.90 Å². The standard InChI is InChI=1S/C20H24N2O2/c1-14-7-8-19(23)17(13-14)20(24)22-11-9-21(10-12-22)18-6-4-5-15(2)16(18)3/h4-8,13,23H,9-12H2,1-3H3. The number of phenols is 1. The van der Waals surface area contributed by atoms with E-state index in [4.69, 9.17) is 0 Å². The molecule has 1 amide bonds. The summed E-state index contributed by atoms with van der Waals surface area (Å²) >= 11 is 0. The van der Waals surface area contributed by atoms with E-state index in [-0.39, 0.29) is 11.7 Å². The van der Waals surface area contributed by atoms with Crippen molar-refractivity contribution in [2.24, 2.45) is 0 Å². The summed E-state index contributed by atoms with van der Waals surface area (Å²) in [6.07, 6.45) is 0. The molecule has 4 nitrogen and oxygen atoms in total. The average molecular weight is 324 g/mol. The molecule has 1 aliphatic rings. The Kier molecular flexibility index (Phi) is 4.47. The fourth-order valence-electron chi connectivity index (χ4n) is 3.22. The van der Waals surface area contributed by atoms with E-state index in [0.717, 1.165) is 18.7 Å². The number of carbonyl (C=O) groups is 1. The van der Waals surface area contributed by atoms with Gasteiger partial charge in [0.25, 0.3) is 5.91 Å². The van der Waals surface area contributed by atoms with Gasteiger partial charge in [-0.1, -0.05) is 23.8 Å². The lowest BCUT2D eigenvalue weighted by Crippen LogP contribution is -2.49. The number of hydrogen-bond donors (Lipinski definition) is 1. The molecule has 126 valence electrons. The zero-order valence-electron chi connectivity index (χ0n) is 14.5. The Morgan fingerprint density at radius 2 is 1.71 bits per heavy atom. The maximum Gasteiger partial charge on any atom is 0.257 e. The van der Waals surface area contributed by atoms with Gasteiger partial charge < -0.3 is 14.9 Å². The van der Waals surface area contributed by atoms with Crippen molar-refractivity contribution in [3.05, 3.63) is 58.7 Å². The second kappa shape index (κ2) is 6.56. The predicted octanol–water partition coefficient (Wildman–Crippen LogP) is 3.28. The van der Waals surface area contributed by atoms with Crippen molar-refractivity contribution in [1.82, 2.24) is 4.90 Å². The molecule has 1 N–H and O–H groups in total. The first-order valence-electron chi connectivity index (χ1n) is 8.37. The molecule has 3 rings (SSSR count). The summed E-state index contributed by atoms with van der Waals surface area (Å²) in [6, 6.07) is 11.5. The van der Waals surface area contributed by atoms with Crippen LogP contribution in [0, 0.1) is 20.8 Å². The molecule has 1 heterocycles. The summed E-state index contributed by atoms with van der Waals surface area (Å²) in [4.78, 5) is 16.8. The maximum absolute atomic E-state index is 12.7. The highest BCUT2D eigenvalue weighted by molar-refractivity contribution is 5.97. The second-order valence-corrected chi connectivity index (χ2v) is 6.52. The Balaban J connectivity index is 1.72. The first-order valence-corrected chi connectivity index (χ1v) is 8.37. The molecule has 4 heteroatoms. The van der Waals surface area contributed by atoms with Crippen LogP contribution in [0.5, 0.6) is 5.75 Å². The van der Waals surface area contributed by atoms with Crippen molar-refractivity contribution in [2.75, 3.05) is 31.1 Å². The number of rotatable bonds is 2. The third-order valence-electron chi connectivity index (χ3n) is 4.87. The summed E-state index contributed by atoms with van der Waals surface area (Å²) in [6.45, 7) is 9.14. The van der Waals surface area contributed by atoms with Crippen LogP contribution in [0.2, 0.25) is 0 Å². The van der Waals surface area contributed by atoms with Crippen LogP contribution in [-0.2, 0) is 0 Å². The average Bonchev–Trinajstić information content (AvgIpc) is 2.59. The largest absolute Gasteiger partial charge is 0.507 e. The zero-order chi connectivity index (χ0) is 17.3. The zero-order valence-corrected chi connectivity index (χ0v) is 14.5. The summed E-state index contributed by atoms with van der Waals surface area (Å²) in [7, 11) is 0. The van der Waals surface area contributed by atoms with Crippen LogP contribution in [-0.4, -0.2) is 42.1 Å². The van der Waals surface area contributed by atoms with Crippen LogP contribution < -0.4 is 4.90 Å². The maximum atomic E-state index is 12.7. The number of carbonyl (C=O) groups excluding carboxylic acids is 1. The van der Waals surface area contributed by atoms with Gasteiger partial charge in [-0.3, -0.25) is 4.79 Å². The van der Waals surface area contributed by atoms with Crippen LogP contribution in [0.4, 0.5) is 5.69 Å². The van der Waals surface area contributed by atoms with Crippen molar-refractivity contribution in [2.45, 2.75) is 20.8 Å². The lowest BCUT2D eigenvalue weighted by molar-refractivity contribution is 0.0743. The first kappa shape index (κ1) is 16.4. The highest BCUT2D eigenvalue weighted by atomic mass is 16.3. The molecule has 1 saturated heterocycles. The molecular formula is C20H24N2O2. The van der Waals surface area contributed by atoms with Crippen LogP contribution in [0.1, 0.15) is 27.0 Å². The van der Waals surface area contributed by atoms with E-state index in [1.807, 2.05) is 17.9 Å². The van der Waals surface area contributed by atoms with Gasteiger partial charge in [0.2, 0.25) is 0 Å². The first-order chi connectivity index (χ1) is 11.5. The second-order valence-electron chi connectivity index (χ2n) is 6.52. The predicted molar refractivity (Wildman–Crippen MR) is 96.9 cm³/mol. The van der Waals surface area contributed by atoms with Crippen molar-refractivity contribution in [1.29, 1.82) is 0 Å². The van der Waals surface area contributed by atoms with Crippen molar-refractivity contribution in [3.63, 3.8) is 0 Å². The van der Waals surface area contributed by atoms with Crippen LogP contribution in [0.3, 0.4) is 0 Å². The number of amides is 1. The van der Waals surface area contributed by atoms with E-state index in [9.17, 15) is 9.90 Å². The minimum Gasteiger partial charge on any atom is -0.507 e. The molecule has 0 saturated carbocycles. The minimum absolute atomic E-state index is 0.0579. The minimum atomic E-state index is -0.0863. The van der Waals surface area contributed by atoms with Gasteiger partial charge in [0.15, 0.2) is 0 Å². The fourth-order valence-corrected chi connectivity index (χ4v) is 3.22. The van der Waals surface area contributed by atoms with Gasteiger partial charge >= 0.3 is 0 Å². The highest BCUT2D eigenvalue weighted by Crippen LogP contribution is 2.25. The number of anilines is 1. The number of benzene rings is 2. The van der Waals surface area contributed by atoms with Crippen molar-refractivity contribution in [3.8, 4) is 5.75 Å². The number of hydrogen-bond acceptors (Lipinski definition) is 3. The molecule has 0 aliphatic carbocycles. The third kappa shape index (κ3) is 3.09. The Morgan fingerprint density at radius 3 is 2.42 bits per heavy atom. The Bertz CT molecular complexity index is 762. The lowest BCUT2D eigenvalue weighted by Gasteiger charge is -2.37. The molecule has 2 aromatic carbocycles. The summed E-state index contributed by atoms with van der Waals surface area (Å²) < 4.78 is 0. The van der Waals surface area contributed by atoms with Gasteiger partial charge in [-0.25, -0.2) is 0 Å². The molecule has 1 aliphatic heterocycles. The Labute approximate surface area is 143 Å². The number of aryl methyl sites for hydroxylation is 2. The fraction of sp³-hybridized carbons (Fsp3) is 0.350. The molecule has 0 atom stereocenters. The number of piperazine rings is 1. The Morgan fingerprint density at radius 1 is 1.00 bits per heavy atom.